The molecule has 1 rings (SSSR count). The van der Waals surface area contributed by atoms with Crippen molar-refractivity contribution in [3.05, 3.63) is 12.3 Å². The lowest BCUT2D eigenvalue weighted by molar-refractivity contribution is -0.122. The van der Waals surface area contributed by atoms with Crippen LogP contribution < -0.4 is 0 Å². The molecule has 2 heteroatoms. The maximum Gasteiger partial charge on any atom is 0.124 e. The topological polar surface area (TPSA) is 18.5 Å². The molecule has 0 saturated carbocycles. The molecule has 0 N–H and O–H groups in total. The Morgan fingerprint density at radius 3 is 2.18 bits per heavy atom. The molecule has 0 saturated heterocycles. The summed E-state index contributed by atoms with van der Waals surface area (Å²) in [5.41, 5.74) is 0. The molecule has 1 heterocycles. The Balaban J connectivity index is 2.66. The third-order valence-electron chi connectivity index (χ3n) is 6.23. The van der Waals surface area contributed by atoms with E-state index in [1.165, 1.54) is 6.42 Å². The Kier molecular flexibility index (Phi) is 7.96. The predicted molar refractivity (Wildman–Crippen MR) is 94.8 cm³/mol. The van der Waals surface area contributed by atoms with Crippen LogP contribution in [0.25, 0.3) is 0 Å². The van der Waals surface area contributed by atoms with Gasteiger partial charge in [-0.15, -0.1) is 0 Å². The maximum atomic E-state index is 6.48. The van der Waals surface area contributed by atoms with Crippen molar-refractivity contribution in [2.75, 3.05) is 0 Å². The summed E-state index contributed by atoms with van der Waals surface area (Å²) in [5, 5.41) is 0. The molecule has 8 unspecified atom stereocenters. The number of hydrogen-bond donors (Lipinski definition) is 0. The highest BCUT2D eigenvalue weighted by atomic mass is 16.5. The van der Waals surface area contributed by atoms with Crippen LogP contribution in [-0.2, 0) is 9.47 Å². The van der Waals surface area contributed by atoms with E-state index < -0.39 is 0 Å². The third kappa shape index (κ3) is 4.75. The van der Waals surface area contributed by atoms with Crippen LogP contribution in [0.4, 0.5) is 0 Å². The normalized spacial score (nSPS) is 31.9. The van der Waals surface area contributed by atoms with Crippen LogP contribution in [0.2, 0.25) is 0 Å². The smallest absolute Gasteiger partial charge is 0.124 e. The Bertz CT molecular complexity index is 339. The second kappa shape index (κ2) is 8.96. The Hall–Kier alpha value is -0.500. The Morgan fingerprint density at radius 2 is 1.64 bits per heavy atom. The van der Waals surface area contributed by atoms with E-state index >= 15 is 0 Å². The zero-order valence-corrected chi connectivity index (χ0v) is 16.0. The molecule has 0 spiro atoms. The van der Waals surface area contributed by atoms with E-state index in [-0.39, 0.29) is 18.3 Å². The number of ether oxygens (including phenoxy) is 2. The van der Waals surface area contributed by atoms with Gasteiger partial charge in [0.05, 0.1) is 12.4 Å². The fourth-order valence-electron chi connectivity index (χ4n) is 3.50. The molecule has 0 aliphatic carbocycles. The summed E-state index contributed by atoms with van der Waals surface area (Å²) in [5.74, 6) is 3.15. The summed E-state index contributed by atoms with van der Waals surface area (Å²) in [6.07, 6.45) is 6.86. The first-order valence-corrected chi connectivity index (χ1v) is 9.30. The van der Waals surface area contributed by atoms with Gasteiger partial charge in [0.15, 0.2) is 0 Å². The van der Waals surface area contributed by atoms with Gasteiger partial charge in [-0.2, -0.15) is 0 Å². The van der Waals surface area contributed by atoms with Gasteiger partial charge in [0.1, 0.15) is 12.2 Å². The minimum Gasteiger partial charge on any atom is -0.496 e. The van der Waals surface area contributed by atoms with Gasteiger partial charge in [-0.1, -0.05) is 54.9 Å². The van der Waals surface area contributed by atoms with Crippen LogP contribution in [0.15, 0.2) is 12.3 Å². The van der Waals surface area contributed by atoms with E-state index in [4.69, 9.17) is 9.47 Å². The van der Waals surface area contributed by atoms with Gasteiger partial charge in [-0.05, 0) is 43.1 Å². The van der Waals surface area contributed by atoms with Crippen molar-refractivity contribution in [1.82, 2.24) is 0 Å². The van der Waals surface area contributed by atoms with Crippen LogP contribution in [0, 0.1) is 29.6 Å². The fraction of sp³-hybridized carbons (Fsp3) is 0.900. The highest BCUT2D eigenvalue weighted by Gasteiger charge is 2.34. The summed E-state index contributed by atoms with van der Waals surface area (Å²) in [6.45, 7) is 18.4. The van der Waals surface area contributed by atoms with Gasteiger partial charge in [0, 0.05) is 5.92 Å². The van der Waals surface area contributed by atoms with Crippen LogP contribution in [-0.4, -0.2) is 18.3 Å². The second-order valence-electron chi connectivity index (χ2n) is 7.54. The molecular formula is C20H38O2. The molecule has 2 nitrogen and oxygen atoms in total. The zero-order valence-electron chi connectivity index (χ0n) is 16.0. The molecule has 0 bridgehead atoms. The molecule has 0 radical (unpaired) electrons. The summed E-state index contributed by atoms with van der Waals surface area (Å²) in [4.78, 5) is 0. The molecule has 1 aliphatic rings. The van der Waals surface area contributed by atoms with Crippen molar-refractivity contribution in [3.8, 4) is 0 Å². The Labute approximate surface area is 138 Å². The SMILES string of the molecule is CCC(C)C(C)C(C)C(C)C(C)OC1C(C)C=COC1CC. The van der Waals surface area contributed by atoms with Gasteiger partial charge in [0.25, 0.3) is 0 Å². The van der Waals surface area contributed by atoms with Crippen molar-refractivity contribution in [3.63, 3.8) is 0 Å². The molecular weight excluding hydrogens is 272 g/mol. The number of hydrogen-bond acceptors (Lipinski definition) is 2. The monoisotopic (exact) mass is 310 g/mol. The minimum atomic E-state index is 0.179. The molecule has 0 aromatic carbocycles. The standard InChI is InChI=1S/C20H38O2/c1-9-13(3)15(5)16(6)17(7)18(8)22-20-14(4)11-12-21-19(20)10-2/h11-20H,9-10H2,1-8H3. The summed E-state index contributed by atoms with van der Waals surface area (Å²) >= 11 is 0. The maximum absolute atomic E-state index is 6.48. The van der Waals surface area contributed by atoms with Gasteiger partial charge in [-0.25, -0.2) is 0 Å². The largest absolute Gasteiger partial charge is 0.496 e. The predicted octanol–water partition coefficient (Wildman–Crippen LogP) is 5.67. The average Bonchev–Trinajstić information content (AvgIpc) is 2.53. The minimum absolute atomic E-state index is 0.179. The van der Waals surface area contributed by atoms with Gasteiger partial charge in [0.2, 0.25) is 0 Å². The van der Waals surface area contributed by atoms with Crippen LogP contribution in [0.5, 0.6) is 0 Å². The van der Waals surface area contributed by atoms with E-state index in [2.05, 4.69) is 61.5 Å². The van der Waals surface area contributed by atoms with Gasteiger partial charge < -0.3 is 9.47 Å². The molecule has 0 aromatic rings. The van der Waals surface area contributed by atoms with E-state index in [0.717, 1.165) is 18.3 Å². The van der Waals surface area contributed by atoms with Crippen molar-refractivity contribution in [2.24, 2.45) is 29.6 Å². The van der Waals surface area contributed by atoms with Crippen molar-refractivity contribution >= 4 is 0 Å². The molecule has 8 atom stereocenters. The van der Waals surface area contributed by atoms with Crippen LogP contribution in [0.3, 0.4) is 0 Å². The highest BCUT2D eigenvalue weighted by molar-refractivity contribution is 4.95. The molecule has 0 aromatic heterocycles. The average molecular weight is 311 g/mol. The zero-order chi connectivity index (χ0) is 16.9. The van der Waals surface area contributed by atoms with Gasteiger partial charge >= 0.3 is 0 Å². The lowest BCUT2D eigenvalue weighted by Crippen LogP contribution is -2.42. The fourth-order valence-corrected chi connectivity index (χ4v) is 3.50. The lowest BCUT2D eigenvalue weighted by atomic mass is 9.75. The van der Waals surface area contributed by atoms with Gasteiger partial charge in [-0.3, -0.25) is 0 Å². The third-order valence-corrected chi connectivity index (χ3v) is 6.23. The first-order valence-electron chi connectivity index (χ1n) is 9.30. The van der Waals surface area contributed by atoms with Crippen LogP contribution >= 0.6 is 0 Å². The van der Waals surface area contributed by atoms with Crippen molar-refractivity contribution in [1.29, 1.82) is 0 Å². The molecule has 0 amide bonds. The molecule has 130 valence electrons. The first kappa shape index (κ1) is 19.5. The van der Waals surface area contributed by atoms with E-state index in [1.54, 1.807) is 0 Å². The first-order chi connectivity index (χ1) is 10.3. The summed E-state index contributed by atoms with van der Waals surface area (Å²) in [7, 11) is 0. The second-order valence-corrected chi connectivity index (χ2v) is 7.54. The van der Waals surface area contributed by atoms with Crippen molar-refractivity contribution in [2.45, 2.75) is 86.5 Å². The Morgan fingerprint density at radius 1 is 1.00 bits per heavy atom. The quantitative estimate of drug-likeness (QED) is 0.575. The van der Waals surface area contributed by atoms with Crippen LogP contribution in [0.1, 0.15) is 68.2 Å². The molecule has 22 heavy (non-hydrogen) atoms. The summed E-state index contributed by atoms with van der Waals surface area (Å²) < 4.78 is 12.2. The lowest BCUT2D eigenvalue weighted by Gasteiger charge is -2.39. The molecule has 0 fully saturated rings. The summed E-state index contributed by atoms with van der Waals surface area (Å²) in [6, 6.07) is 0. The van der Waals surface area contributed by atoms with E-state index in [1.807, 2.05) is 6.26 Å². The van der Waals surface area contributed by atoms with E-state index in [9.17, 15) is 0 Å². The van der Waals surface area contributed by atoms with Crippen molar-refractivity contribution < 1.29 is 9.47 Å². The highest BCUT2D eigenvalue weighted by Crippen LogP contribution is 2.33. The van der Waals surface area contributed by atoms with E-state index in [0.29, 0.717) is 17.8 Å². The molecule has 1 aliphatic heterocycles. The number of rotatable bonds is 8.